The molecule has 0 bridgehead atoms. The van der Waals surface area contributed by atoms with Crippen LogP contribution in [0.4, 0.5) is 0 Å². The number of aliphatic hydroxyl groups is 5. The predicted octanol–water partition coefficient (Wildman–Crippen LogP) is -1.16. The van der Waals surface area contributed by atoms with E-state index in [4.69, 9.17) is 10.2 Å². The number of hydrogen-bond acceptors (Lipinski definition) is 8. The first-order chi connectivity index (χ1) is 13.6. The molecule has 13 heteroatoms. The van der Waals surface area contributed by atoms with Crippen LogP contribution < -0.4 is 10.6 Å². The van der Waals surface area contributed by atoms with Crippen molar-refractivity contribution in [2.75, 3.05) is 32.9 Å². The Bertz CT molecular complexity index is 737. The minimum absolute atomic E-state index is 0.00131. The first kappa shape index (κ1) is 26.9. The van der Waals surface area contributed by atoms with Gasteiger partial charge in [0.2, 0.25) is 0 Å². The molecule has 0 fully saturated rings. The van der Waals surface area contributed by atoms with Gasteiger partial charge in [0.15, 0.2) is 5.78 Å². The van der Waals surface area contributed by atoms with E-state index in [2.05, 4.69) is 10.6 Å². The lowest BCUT2D eigenvalue weighted by Gasteiger charge is -2.19. The van der Waals surface area contributed by atoms with E-state index in [1.165, 1.54) is 0 Å². The first-order valence-electron chi connectivity index (χ1n) is 8.09. The molecule has 7 N–H and O–H groups in total. The van der Waals surface area contributed by atoms with E-state index < -0.39 is 49.6 Å². The molecule has 2 unspecified atom stereocenters. The summed E-state index contributed by atoms with van der Waals surface area (Å²) in [7, 11) is 0. The summed E-state index contributed by atoms with van der Waals surface area (Å²) in [5.74, 6) is -2.05. The largest absolute Gasteiger partial charge is 0.394 e. The van der Waals surface area contributed by atoms with Gasteiger partial charge in [-0.2, -0.15) is 0 Å². The third-order valence-corrected chi connectivity index (χ3v) is 6.85. The summed E-state index contributed by atoms with van der Waals surface area (Å²) in [5.41, 5.74) is -0.00217. The average molecular weight is 748 g/mol. The zero-order valence-electron chi connectivity index (χ0n) is 14.8. The second-order valence-electron chi connectivity index (χ2n) is 5.74. The van der Waals surface area contributed by atoms with Crippen LogP contribution in [-0.2, 0) is 0 Å². The molecule has 0 aromatic heterocycles. The van der Waals surface area contributed by atoms with Gasteiger partial charge in [0.25, 0.3) is 11.8 Å². The summed E-state index contributed by atoms with van der Waals surface area (Å²) in [5, 5.41) is 50.8. The van der Waals surface area contributed by atoms with Crippen LogP contribution in [0.2, 0.25) is 0 Å². The van der Waals surface area contributed by atoms with Gasteiger partial charge in [-0.15, -0.1) is 0 Å². The molecule has 0 aliphatic rings. The molecule has 1 rings (SSSR count). The van der Waals surface area contributed by atoms with E-state index in [9.17, 15) is 29.7 Å². The van der Waals surface area contributed by atoms with Crippen LogP contribution in [0.25, 0.3) is 0 Å². The molecule has 0 saturated carbocycles. The minimum Gasteiger partial charge on any atom is -0.394 e. The van der Waals surface area contributed by atoms with Crippen LogP contribution in [0, 0.1) is 10.7 Å². The maximum atomic E-state index is 12.7. The second kappa shape index (κ2) is 12.6. The molecule has 0 saturated heterocycles. The molecule has 0 aliphatic heterocycles. The van der Waals surface area contributed by atoms with Gasteiger partial charge in [0.05, 0.1) is 36.5 Å². The number of nitrogens with one attached hydrogen (secondary N) is 2. The lowest BCUT2D eigenvalue weighted by atomic mass is 10.0. The fraction of sp³-hybridized carbons (Fsp3) is 0.438. The molecule has 0 radical (unpaired) electrons. The van der Waals surface area contributed by atoms with Crippen molar-refractivity contribution in [2.24, 2.45) is 0 Å². The van der Waals surface area contributed by atoms with Crippen molar-refractivity contribution < 1.29 is 39.9 Å². The Hall–Kier alpha value is -0.180. The van der Waals surface area contributed by atoms with Crippen molar-refractivity contribution in [3.8, 4) is 0 Å². The smallest absolute Gasteiger partial charge is 0.253 e. The van der Waals surface area contributed by atoms with Gasteiger partial charge in [-0.3, -0.25) is 14.4 Å². The van der Waals surface area contributed by atoms with E-state index in [1.807, 2.05) is 0 Å². The highest BCUT2D eigenvalue weighted by Gasteiger charge is 2.30. The van der Waals surface area contributed by atoms with Gasteiger partial charge >= 0.3 is 0 Å². The molecular formula is C16H19I3N2O8. The van der Waals surface area contributed by atoms with Crippen LogP contribution in [0.3, 0.4) is 0 Å². The number of carbonyl (C=O) groups is 3. The zero-order valence-corrected chi connectivity index (χ0v) is 21.3. The Kier molecular flexibility index (Phi) is 11.7. The van der Waals surface area contributed by atoms with E-state index >= 15 is 0 Å². The highest BCUT2D eigenvalue weighted by atomic mass is 127. The number of carbonyl (C=O) groups excluding carboxylic acids is 3. The fourth-order valence-corrected chi connectivity index (χ4v) is 6.86. The Morgan fingerprint density at radius 1 is 0.724 bits per heavy atom. The van der Waals surface area contributed by atoms with Crippen LogP contribution in [-0.4, -0.2) is 88.2 Å². The molecule has 0 spiro atoms. The molecule has 0 aliphatic carbocycles. The number of ketones is 1. The lowest BCUT2D eigenvalue weighted by Crippen LogP contribution is -2.37. The van der Waals surface area contributed by atoms with E-state index in [-0.39, 0.29) is 40.5 Å². The van der Waals surface area contributed by atoms with Gasteiger partial charge in [-0.05, 0) is 67.8 Å². The molecule has 1 aromatic carbocycles. The molecular weight excluding hydrogens is 729 g/mol. The monoisotopic (exact) mass is 748 g/mol. The van der Waals surface area contributed by atoms with Crippen molar-refractivity contribution in [2.45, 2.75) is 12.2 Å². The molecule has 0 heterocycles. The Balaban J connectivity index is 3.50. The normalized spacial score (nSPS) is 13.0. The standard InChI is InChI=1S/C16H19I3N2O8/c17-12-9(8(27)5-24)13(18)11(16(29)21-2-7(26)4-23)14(19)10(12)15(28)20-1-6(25)3-22/h6-7,22-26H,1-5H2,(H,20,28)(H,21,29). The summed E-state index contributed by atoms with van der Waals surface area (Å²) in [6, 6.07) is 0. The molecule has 2 amide bonds. The summed E-state index contributed by atoms with van der Waals surface area (Å²) < 4.78 is 0.662. The fourth-order valence-electron chi connectivity index (χ4n) is 2.11. The van der Waals surface area contributed by atoms with Crippen LogP contribution in [0.5, 0.6) is 0 Å². The topological polar surface area (TPSA) is 176 Å². The highest BCUT2D eigenvalue weighted by molar-refractivity contribution is 14.1. The number of Topliss-reactive ketones (excluding diaryl/α,β-unsaturated/α-hetero) is 1. The Morgan fingerprint density at radius 3 is 1.38 bits per heavy atom. The summed E-state index contributed by atoms with van der Waals surface area (Å²) in [6.45, 7) is -2.45. The van der Waals surface area contributed by atoms with E-state index in [1.54, 1.807) is 67.8 Å². The van der Waals surface area contributed by atoms with Gasteiger partial charge in [0, 0.05) is 29.4 Å². The third-order valence-electron chi connectivity index (χ3n) is 3.61. The summed E-state index contributed by atoms with van der Waals surface area (Å²) in [4.78, 5) is 37.6. The van der Waals surface area contributed by atoms with Gasteiger partial charge < -0.3 is 36.2 Å². The van der Waals surface area contributed by atoms with Crippen molar-refractivity contribution >= 4 is 85.4 Å². The summed E-state index contributed by atoms with van der Waals surface area (Å²) in [6.07, 6.45) is -2.36. The number of benzene rings is 1. The van der Waals surface area contributed by atoms with E-state index in [0.717, 1.165) is 0 Å². The lowest BCUT2D eigenvalue weighted by molar-refractivity contribution is 0.0798. The maximum Gasteiger partial charge on any atom is 0.253 e. The number of halogens is 3. The van der Waals surface area contributed by atoms with Crippen molar-refractivity contribution in [3.05, 3.63) is 27.4 Å². The van der Waals surface area contributed by atoms with Crippen LogP contribution >= 0.6 is 67.8 Å². The first-order valence-corrected chi connectivity index (χ1v) is 11.3. The molecule has 1 aromatic rings. The molecule has 10 nitrogen and oxygen atoms in total. The van der Waals surface area contributed by atoms with Gasteiger partial charge in [-0.25, -0.2) is 0 Å². The van der Waals surface area contributed by atoms with Crippen LogP contribution in [0.1, 0.15) is 31.1 Å². The number of rotatable bonds is 10. The molecule has 29 heavy (non-hydrogen) atoms. The SMILES string of the molecule is O=C(CO)c1c(I)c(C(=O)NCC(O)CO)c(I)c(C(=O)NCC(O)CO)c1I. The average Bonchev–Trinajstić information content (AvgIpc) is 2.69. The van der Waals surface area contributed by atoms with Crippen molar-refractivity contribution in [1.82, 2.24) is 10.6 Å². The highest BCUT2D eigenvalue weighted by Crippen LogP contribution is 2.32. The van der Waals surface area contributed by atoms with E-state index in [0.29, 0.717) is 0 Å². The zero-order chi connectivity index (χ0) is 22.3. The minimum atomic E-state index is -1.18. The second-order valence-corrected chi connectivity index (χ2v) is 8.98. The summed E-state index contributed by atoms with van der Waals surface area (Å²) >= 11 is 5.32. The van der Waals surface area contributed by atoms with Crippen LogP contribution in [0.15, 0.2) is 0 Å². The Morgan fingerprint density at radius 2 is 1.07 bits per heavy atom. The van der Waals surface area contributed by atoms with Crippen molar-refractivity contribution in [1.29, 1.82) is 0 Å². The van der Waals surface area contributed by atoms with Gasteiger partial charge in [0.1, 0.15) is 6.61 Å². The number of aliphatic hydroxyl groups excluding tert-OH is 5. The molecule has 2 atom stereocenters. The maximum absolute atomic E-state index is 12.7. The van der Waals surface area contributed by atoms with Gasteiger partial charge in [-0.1, -0.05) is 0 Å². The molecule has 162 valence electrons. The predicted molar refractivity (Wildman–Crippen MR) is 127 cm³/mol. The third kappa shape index (κ3) is 6.91. The number of hydrogen-bond donors (Lipinski definition) is 7. The Labute approximate surface area is 206 Å². The number of amides is 2. The quantitative estimate of drug-likeness (QED) is 0.116. The van der Waals surface area contributed by atoms with Crippen molar-refractivity contribution in [3.63, 3.8) is 0 Å².